The SMILES string of the molecule is CCCCS(=O)(=O)NC(CN(C=O)OC(C)(C)C)C(=O)OC. The van der Waals surface area contributed by atoms with Gasteiger partial charge in [-0.2, -0.15) is 4.72 Å². The number of hydrogen-bond donors (Lipinski definition) is 1. The highest BCUT2D eigenvalue weighted by molar-refractivity contribution is 7.89. The van der Waals surface area contributed by atoms with E-state index < -0.39 is 27.6 Å². The van der Waals surface area contributed by atoms with E-state index in [1.807, 2.05) is 6.92 Å². The van der Waals surface area contributed by atoms with E-state index in [0.717, 1.165) is 12.2 Å². The molecule has 0 aliphatic rings. The predicted molar refractivity (Wildman–Crippen MR) is 81.2 cm³/mol. The molecule has 0 heterocycles. The van der Waals surface area contributed by atoms with Crippen molar-refractivity contribution < 1.29 is 27.6 Å². The molecule has 22 heavy (non-hydrogen) atoms. The molecule has 0 bridgehead atoms. The van der Waals surface area contributed by atoms with E-state index in [4.69, 9.17) is 4.84 Å². The molecule has 0 saturated carbocycles. The second-order valence-corrected chi connectivity index (χ2v) is 7.65. The second kappa shape index (κ2) is 9.06. The number of carbonyl (C=O) groups excluding carboxylic acids is 2. The van der Waals surface area contributed by atoms with Crippen LogP contribution in [0.25, 0.3) is 0 Å². The van der Waals surface area contributed by atoms with Crippen LogP contribution in [0.4, 0.5) is 0 Å². The van der Waals surface area contributed by atoms with Gasteiger partial charge >= 0.3 is 5.97 Å². The van der Waals surface area contributed by atoms with Gasteiger partial charge in [0, 0.05) is 0 Å². The van der Waals surface area contributed by atoms with Crippen molar-refractivity contribution in [2.45, 2.75) is 52.2 Å². The summed E-state index contributed by atoms with van der Waals surface area (Å²) in [6.45, 7) is 6.75. The van der Waals surface area contributed by atoms with Gasteiger partial charge in [0.25, 0.3) is 0 Å². The van der Waals surface area contributed by atoms with Crippen LogP contribution in [0, 0.1) is 0 Å². The van der Waals surface area contributed by atoms with Gasteiger partial charge in [0.15, 0.2) is 0 Å². The molecule has 1 unspecified atom stereocenters. The first-order valence-corrected chi connectivity index (χ1v) is 8.68. The summed E-state index contributed by atoms with van der Waals surface area (Å²) in [5, 5.41) is 0.879. The Hall–Kier alpha value is -1.19. The highest BCUT2D eigenvalue weighted by Gasteiger charge is 2.29. The highest BCUT2D eigenvalue weighted by atomic mass is 32.2. The quantitative estimate of drug-likeness (QED) is 0.352. The van der Waals surface area contributed by atoms with Crippen LogP contribution >= 0.6 is 0 Å². The van der Waals surface area contributed by atoms with Gasteiger partial charge in [-0.3, -0.25) is 14.4 Å². The van der Waals surface area contributed by atoms with Crippen LogP contribution in [0.15, 0.2) is 0 Å². The molecule has 1 amide bonds. The Balaban J connectivity index is 4.98. The predicted octanol–water partition coefficient (Wildman–Crippen LogP) is 0.436. The fraction of sp³-hybridized carbons (Fsp3) is 0.846. The van der Waals surface area contributed by atoms with Gasteiger partial charge in [0.05, 0.1) is 25.0 Å². The van der Waals surface area contributed by atoms with Gasteiger partial charge in [-0.1, -0.05) is 13.3 Å². The Morgan fingerprint density at radius 1 is 1.36 bits per heavy atom. The fourth-order valence-corrected chi connectivity index (χ4v) is 2.94. The Morgan fingerprint density at radius 3 is 2.36 bits per heavy atom. The van der Waals surface area contributed by atoms with E-state index >= 15 is 0 Å². The van der Waals surface area contributed by atoms with Crippen LogP contribution in [0.5, 0.6) is 0 Å². The Bertz CT molecular complexity index is 458. The Morgan fingerprint density at radius 2 is 1.95 bits per heavy atom. The molecule has 8 nitrogen and oxygen atoms in total. The van der Waals surface area contributed by atoms with Gasteiger partial charge in [-0.05, 0) is 27.2 Å². The molecule has 0 rings (SSSR count). The number of hydroxylamine groups is 2. The topological polar surface area (TPSA) is 102 Å². The minimum absolute atomic E-state index is 0.0990. The largest absolute Gasteiger partial charge is 0.468 e. The molecule has 0 spiro atoms. The molecule has 0 aliphatic carbocycles. The zero-order valence-electron chi connectivity index (χ0n) is 13.8. The summed E-state index contributed by atoms with van der Waals surface area (Å²) in [5.74, 6) is -0.887. The van der Waals surface area contributed by atoms with Crippen molar-refractivity contribution in [3.63, 3.8) is 0 Å². The number of esters is 1. The molecule has 130 valence electrons. The first-order chi connectivity index (χ1) is 10.0. The van der Waals surface area contributed by atoms with E-state index in [2.05, 4.69) is 9.46 Å². The van der Waals surface area contributed by atoms with E-state index in [1.165, 1.54) is 0 Å². The normalized spacial score (nSPS) is 13.5. The molecule has 9 heteroatoms. The summed E-state index contributed by atoms with van der Waals surface area (Å²) >= 11 is 0. The number of rotatable bonds is 10. The molecule has 0 aromatic carbocycles. The van der Waals surface area contributed by atoms with E-state index in [9.17, 15) is 18.0 Å². The molecular weight excluding hydrogens is 312 g/mol. The number of sulfonamides is 1. The minimum Gasteiger partial charge on any atom is -0.468 e. The number of carbonyl (C=O) groups is 2. The lowest BCUT2D eigenvalue weighted by molar-refractivity contribution is -0.218. The van der Waals surface area contributed by atoms with Gasteiger partial charge in [-0.25, -0.2) is 13.5 Å². The smallest absolute Gasteiger partial charge is 0.325 e. The summed E-state index contributed by atoms with van der Waals surface area (Å²) in [6, 6.07) is -1.22. The molecule has 1 atom stereocenters. The van der Waals surface area contributed by atoms with Gasteiger partial charge in [-0.15, -0.1) is 0 Å². The molecular formula is C13H26N2O6S. The minimum atomic E-state index is -3.64. The Labute approximate surface area is 132 Å². The average molecular weight is 338 g/mol. The Kier molecular flexibility index (Phi) is 8.57. The van der Waals surface area contributed by atoms with Crippen molar-refractivity contribution in [3.8, 4) is 0 Å². The second-order valence-electron chi connectivity index (χ2n) is 5.77. The van der Waals surface area contributed by atoms with Crippen molar-refractivity contribution >= 4 is 22.4 Å². The van der Waals surface area contributed by atoms with Crippen LogP contribution in [0.3, 0.4) is 0 Å². The standard InChI is InChI=1S/C13H26N2O6S/c1-6-7-8-22(18,19)14-11(12(17)20-5)9-15(10-16)21-13(2,3)4/h10-11,14H,6-9H2,1-5H3. The fourth-order valence-electron chi connectivity index (χ4n) is 1.55. The number of nitrogens with one attached hydrogen (secondary N) is 1. The summed E-state index contributed by atoms with van der Waals surface area (Å²) in [4.78, 5) is 28.1. The molecule has 0 aromatic rings. The lowest BCUT2D eigenvalue weighted by Gasteiger charge is -2.29. The van der Waals surface area contributed by atoms with Crippen LogP contribution in [0.1, 0.15) is 40.5 Å². The lowest BCUT2D eigenvalue weighted by atomic mass is 10.2. The monoisotopic (exact) mass is 338 g/mol. The summed E-state index contributed by atoms with van der Waals surface area (Å²) in [6.07, 6.45) is 1.57. The molecule has 1 N–H and O–H groups in total. The molecule has 0 fully saturated rings. The number of ether oxygens (including phenoxy) is 1. The van der Waals surface area contributed by atoms with Gasteiger partial charge in [0.2, 0.25) is 16.4 Å². The lowest BCUT2D eigenvalue weighted by Crippen LogP contribution is -2.50. The van der Waals surface area contributed by atoms with Crippen molar-refractivity contribution in [2.75, 3.05) is 19.4 Å². The third kappa shape index (κ3) is 8.96. The third-order valence-electron chi connectivity index (χ3n) is 2.45. The number of hydrogen-bond acceptors (Lipinski definition) is 6. The number of methoxy groups -OCH3 is 1. The summed E-state index contributed by atoms with van der Waals surface area (Å²) in [7, 11) is -2.50. The maximum Gasteiger partial charge on any atom is 0.325 e. The zero-order valence-corrected chi connectivity index (χ0v) is 14.6. The van der Waals surface area contributed by atoms with Crippen LogP contribution in [-0.4, -0.2) is 56.9 Å². The number of amides is 1. The van der Waals surface area contributed by atoms with Crippen LogP contribution in [-0.2, 0) is 29.2 Å². The summed E-state index contributed by atoms with van der Waals surface area (Å²) < 4.78 is 30.6. The number of nitrogens with zero attached hydrogens (tertiary/aromatic N) is 1. The molecule has 0 radical (unpaired) electrons. The maximum atomic E-state index is 11.9. The maximum absolute atomic E-state index is 11.9. The van der Waals surface area contributed by atoms with E-state index in [1.54, 1.807) is 20.8 Å². The third-order valence-corrected chi connectivity index (χ3v) is 3.92. The van der Waals surface area contributed by atoms with Gasteiger partial charge < -0.3 is 4.74 Å². The first-order valence-electron chi connectivity index (χ1n) is 7.03. The van der Waals surface area contributed by atoms with Crippen molar-refractivity contribution in [1.29, 1.82) is 0 Å². The van der Waals surface area contributed by atoms with Crippen LogP contribution < -0.4 is 4.72 Å². The first kappa shape index (κ1) is 20.8. The van der Waals surface area contributed by atoms with Crippen molar-refractivity contribution in [1.82, 2.24) is 9.79 Å². The highest BCUT2D eigenvalue weighted by Crippen LogP contribution is 2.10. The van der Waals surface area contributed by atoms with Crippen molar-refractivity contribution in [3.05, 3.63) is 0 Å². The summed E-state index contributed by atoms with van der Waals surface area (Å²) in [5.41, 5.74) is -0.664. The van der Waals surface area contributed by atoms with Gasteiger partial charge in [0.1, 0.15) is 6.04 Å². The van der Waals surface area contributed by atoms with Crippen LogP contribution in [0.2, 0.25) is 0 Å². The molecule has 0 saturated heterocycles. The average Bonchev–Trinajstić information content (AvgIpc) is 2.41. The van der Waals surface area contributed by atoms with Crippen molar-refractivity contribution in [2.24, 2.45) is 0 Å². The van der Waals surface area contributed by atoms with E-state index in [-0.39, 0.29) is 12.3 Å². The molecule has 0 aromatic heterocycles. The number of unbranched alkanes of at least 4 members (excludes halogenated alkanes) is 1. The molecule has 0 aliphatic heterocycles. The van der Waals surface area contributed by atoms with E-state index in [0.29, 0.717) is 19.3 Å². The zero-order chi connectivity index (χ0) is 17.4.